The number of fused-ring (bicyclic) bond motifs is 2. The maximum Gasteiger partial charge on any atom is 0.261 e. The van der Waals surface area contributed by atoms with Gasteiger partial charge in [0.1, 0.15) is 0 Å². The van der Waals surface area contributed by atoms with Crippen LogP contribution in [0.25, 0.3) is 10.2 Å². The summed E-state index contributed by atoms with van der Waals surface area (Å²) in [7, 11) is 0. The molecule has 1 aliphatic rings. The molecule has 2 amide bonds. The minimum atomic E-state index is -0.896. The molecule has 3 aromatic rings. The van der Waals surface area contributed by atoms with Crippen molar-refractivity contribution in [1.82, 2.24) is 9.47 Å². The molecule has 0 bridgehead atoms. The Morgan fingerprint density at radius 3 is 2.24 bits per heavy atom. The summed E-state index contributed by atoms with van der Waals surface area (Å²) >= 11 is 6.85. The number of carbonyl (C=O) groups is 2. The van der Waals surface area contributed by atoms with Crippen LogP contribution in [0.1, 0.15) is 20.7 Å². The SMILES string of the molecule is O=C1c2ccccc2C(=O)N1CC(O)Cn1c(=S)sc2ccccc21. The van der Waals surface area contributed by atoms with Crippen molar-refractivity contribution in [3.8, 4) is 0 Å². The first-order valence-electron chi connectivity index (χ1n) is 7.78. The number of imide groups is 1. The van der Waals surface area contributed by atoms with Gasteiger partial charge in [0.15, 0.2) is 3.95 Å². The third-order valence-corrected chi connectivity index (χ3v) is 5.67. The lowest BCUT2D eigenvalue weighted by atomic mass is 10.1. The molecule has 1 aliphatic heterocycles. The molecule has 25 heavy (non-hydrogen) atoms. The van der Waals surface area contributed by atoms with Gasteiger partial charge in [-0.25, -0.2) is 0 Å². The highest BCUT2D eigenvalue weighted by molar-refractivity contribution is 7.73. The first-order valence-corrected chi connectivity index (χ1v) is 9.00. The predicted octanol–water partition coefficient (Wildman–Crippen LogP) is 3.09. The first-order chi connectivity index (χ1) is 12.1. The Hall–Kier alpha value is -2.35. The highest BCUT2D eigenvalue weighted by atomic mass is 32.1. The van der Waals surface area contributed by atoms with E-state index in [0.717, 1.165) is 15.1 Å². The molecule has 2 aromatic carbocycles. The molecule has 1 aromatic heterocycles. The highest BCUT2D eigenvalue weighted by Gasteiger charge is 2.36. The van der Waals surface area contributed by atoms with Gasteiger partial charge >= 0.3 is 0 Å². The number of para-hydroxylation sites is 1. The molecular formula is C18H14N2O3S2. The minimum absolute atomic E-state index is 0.0572. The Morgan fingerprint density at radius 1 is 0.960 bits per heavy atom. The van der Waals surface area contributed by atoms with Gasteiger partial charge in [-0.2, -0.15) is 0 Å². The number of benzene rings is 2. The van der Waals surface area contributed by atoms with Crippen LogP contribution in [0.5, 0.6) is 0 Å². The van der Waals surface area contributed by atoms with E-state index < -0.39 is 6.10 Å². The van der Waals surface area contributed by atoms with Crippen LogP contribution in [0.3, 0.4) is 0 Å². The molecule has 1 N–H and O–H groups in total. The van der Waals surface area contributed by atoms with Gasteiger partial charge in [0, 0.05) is 0 Å². The number of carbonyl (C=O) groups excluding carboxylic acids is 2. The molecule has 1 atom stereocenters. The van der Waals surface area contributed by atoms with Gasteiger partial charge in [-0.15, -0.1) is 11.3 Å². The van der Waals surface area contributed by atoms with Crippen LogP contribution in [-0.2, 0) is 6.54 Å². The van der Waals surface area contributed by atoms with Gasteiger partial charge in [0.2, 0.25) is 0 Å². The second kappa shape index (κ2) is 6.18. The number of aliphatic hydroxyl groups excluding tert-OH is 1. The lowest BCUT2D eigenvalue weighted by Gasteiger charge is -2.19. The Morgan fingerprint density at radius 2 is 1.56 bits per heavy atom. The molecule has 1 unspecified atom stereocenters. The Bertz CT molecular complexity index is 1020. The number of thiazole rings is 1. The predicted molar refractivity (Wildman–Crippen MR) is 98.5 cm³/mol. The van der Waals surface area contributed by atoms with Crippen LogP contribution >= 0.6 is 23.6 Å². The van der Waals surface area contributed by atoms with Crippen LogP contribution in [0.15, 0.2) is 48.5 Å². The number of β-amino-alcohol motifs (C(OH)–C–C–N with tert-alkyl or cyclic N) is 1. The molecule has 0 spiro atoms. The molecule has 5 nitrogen and oxygen atoms in total. The zero-order valence-corrected chi connectivity index (χ0v) is 14.7. The smallest absolute Gasteiger partial charge is 0.261 e. The molecule has 126 valence electrons. The third-order valence-electron chi connectivity index (χ3n) is 4.24. The van der Waals surface area contributed by atoms with Gasteiger partial charge < -0.3 is 9.67 Å². The van der Waals surface area contributed by atoms with Gasteiger partial charge in [-0.1, -0.05) is 24.3 Å². The van der Waals surface area contributed by atoms with Crippen molar-refractivity contribution in [3.63, 3.8) is 0 Å². The van der Waals surface area contributed by atoms with Gasteiger partial charge in [-0.3, -0.25) is 14.5 Å². The van der Waals surface area contributed by atoms with E-state index in [1.807, 2.05) is 28.8 Å². The fourth-order valence-electron chi connectivity index (χ4n) is 3.07. The number of aliphatic hydroxyl groups is 1. The van der Waals surface area contributed by atoms with E-state index in [-0.39, 0.29) is 24.9 Å². The van der Waals surface area contributed by atoms with Crippen molar-refractivity contribution in [3.05, 3.63) is 63.6 Å². The van der Waals surface area contributed by atoms with Crippen LogP contribution in [0.4, 0.5) is 0 Å². The number of amides is 2. The molecule has 4 rings (SSSR count). The van der Waals surface area contributed by atoms with Crippen molar-refractivity contribution in [2.75, 3.05) is 6.54 Å². The Kier molecular flexibility index (Phi) is 3.99. The van der Waals surface area contributed by atoms with Crippen LogP contribution in [0.2, 0.25) is 0 Å². The van der Waals surface area contributed by atoms with Crippen LogP contribution in [-0.4, -0.2) is 39.0 Å². The van der Waals surface area contributed by atoms with Crippen molar-refractivity contribution in [2.45, 2.75) is 12.6 Å². The number of nitrogens with zero attached hydrogens (tertiary/aromatic N) is 2. The summed E-state index contributed by atoms with van der Waals surface area (Å²) < 4.78 is 3.54. The molecule has 0 saturated heterocycles. The van der Waals surface area contributed by atoms with Crippen molar-refractivity contribution < 1.29 is 14.7 Å². The minimum Gasteiger partial charge on any atom is -0.389 e. The van der Waals surface area contributed by atoms with Crippen molar-refractivity contribution in [2.24, 2.45) is 0 Å². The fraction of sp³-hybridized carbons (Fsp3) is 0.167. The zero-order chi connectivity index (χ0) is 17.6. The summed E-state index contributed by atoms with van der Waals surface area (Å²) in [5.74, 6) is -0.725. The molecule has 0 fully saturated rings. The molecule has 0 saturated carbocycles. The lowest BCUT2D eigenvalue weighted by molar-refractivity contribution is 0.0522. The van der Waals surface area contributed by atoms with E-state index >= 15 is 0 Å². The lowest BCUT2D eigenvalue weighted by Crippen LogP contribution is -2.38. The maximum atomic E-state index is 12.4. The second-order valence-corrected chi connectivity index (χ2v) is 7.54. The molecule has 2 heterocycles. The summed E-state index contributed by atoms with van der Waals surface area (Å²) in [5, 5.41) is 10.5. The quantitative estimate of drug-likeness (QED) is 0.566. The normalized spacial score (nSPS) is 15.0. The highest BCUT2D eigenvalue weighted by Crippen LogP contribution is 2.25. The first kappa shape index (κ1) is 16.1. The summed E-state index contributed by atoms with van der Waals surface area (Å²) in [5.41, 5.74) is 1.72. The van der Waals surface area contributed by atoms with E-state index in [1.54, 1.807) is 24.3 Å². The number of hydrogen-bond acceptors (Lipinski definition) is 5. The van der Waals surface area contributed by atoms with Crippen molar-refractivity contribution >= 4 is 45.6 Å². The van der Waals surface area contributed by atoms with E-state index in [2.05, 4.69) is 0 Å². The summed E-state index contributed by atoms with van der Waals surface area (Å²) in [4.78, 5) is 25.9. The molecule has 0 radical (unpaired) electrons. The third kappa shape index (κ3) is 2.70. The van der Waals surface area contributed by atoms with Gasteiger partial charge in [0.25, 0.3) is 11.8 Å². The van der Waals surface area contributed by atoms with E-state index in [4.69, 9.17) is 12.2 Å². The molecule has 0 aliphatic carbocycles. The zero-order valence-electron chi connectivity index (χ0n) is 13.1. The number of aromatic nitrogens is 1. The Labute approximate surface area is 152 Å². The van der Waals surface area contributed by atoms with Gasteiger partial charge in [0.05, 0.1) is 40.5 Å². The largest absolute Gasteiger partial charge is 0.389 e. The molecular weight excluding hydrogens is 356 g/mol. The monoisotopic (exact) mass is 370 g/mol. The van der Waals surface area contributed by atoms with Crippen LogP contribution in [0, 0.1) is 3.95 Å². The Balaban J connectivity index is 1.56. The average Bonchev–Trinajstić information content (AvgIpc) is 3.05. The number of rotatable bonds is 4. The summed E-state index contributed by atoms with van der Waals surface area (Å²) in [6.07, 6.45) is -0.896. The van der Waals surface area contributed by atoms with E-state index in [1.165, 1.54) is 11.3 Å². The molecule has 7 heteroatoms. The summed E-state index contributed by atoms with van der Waals surface area (Å²) in [6.45, 7) is 0.175. The maximum absolute atomic E-state index is 12.4. The average molecular weight is 370 g/mol. The van der Waals surface area contributed by atoms with Crippen LogP contribution < -0.4 is 0 Å². The van der Waals surface area contributed by atoms with E-state index in [0.29, 0.717) is 15.1 Å². The van der Waals surface area contributed by atoms with E-state index in [9.17, 15) is 14.7 Å². The van der Waals surface area contributed by atoms with Gasteiger partial charge in [-0.05, 0) is 36.5 Å². The number of hydrogen-bond donors (Lipinski definition) is 1. The van der Waals surface area contributed by atoms with Crippen molar-refractivity contribution in [1.29, 1.82) is 0 Å². The fourth-order valence-corrected chi connectivity index (χ4v) is 4.41. The summed E-state index contributed by atoms with van der Waals surface area (Å²) in [6, 6.07) is 14.5. The standard InChI is InChI=1S/C18H14N2O3S2/c21-11(9-19-14-7-3-4-8-15(14)25-18(19)24)10-20-16(22)12-5-1-2-6-13(12)17(20)23/h1-8,11,21H,9-10H2. The second-order valence-electron chi connectivity index (χ2n) is 5.87. The topological polar surface area (TPSA) is 62.5 Å².